The normalized spacial score (nSPS) is 28.0. The first-order valence-electron chi connectivity index (χ1n) is 15.3. The van der Waals surface area contributed by atoms with Crippen LogP contribution in [0.2, 0.25) is 0 Å². The molecule has 4 fully saturated rings. The maximum absolute atomic E-state index is 12.5. The van der Waals surface area contributed by atoms with E-state index in [1.54, 1.807) is 0 Å². The Morgan fingerprint density at radius 1 is 1.14 bits per heavy atom. The van der Waals surface area contributed by atoms with Crippen molar-refractivity contribution >= 4 is 29.0 Å². The second-order valence-corrected chi connectivity index (χ2v) is 11.4. The number of ether oxygens (including phenoxy) is 2. The van der Waals surface area contributed by atoms with Crippen LogP contribution in [0.5, 0.6) is 0 Å². The molecule has 2 aromatic rings. The molecule has 42 heavy (non-hydrogen) atoms. The molecule has 0 spiro atoms. The summed E-state index contributed by atoms with van der Waals surface area (Å²) in [5, 5.41) is 27.2. The molecule has 1 aliphatic carbocycles. The number of hydrogen-bond acceptors (Lipinski definition) is 11. The van der Waals surface area contributed by atoms with Crippen molar-refractivity contribution in [2.24, 2.45) is 5.92 Å². The van der Waals surface area contributed by atoms with Gasteiger partial charge in [-0.1, -0.05) is 13.8 Å². The number of nitrogen functional groups attached to an aromatic ring is 1. The van der Waals surface area contributed by atoms with Crippen molar-refractivity contribution in [3.05, 3.63) is 12.2 Å². The van der Waals surface area contributed by atoms with E-state index in [2.05, 4.69) is 25.6 Å². The van der Waals surface area contributed by atoms with Gasteiger partial charge in [0.05, 0.1) is 6.33 Å². The summed E-state index contributed by atoms with van der Waals surface area (Å²) in [6.45, 7) is 7.03. The molecule has 6 rings (SSSR count). The molecule has 0 bridgehead atoms. The van der Waals surface area contributed by atoms with E-state index in [0.29, 0.717) is 42.4 Å². The third-order valence-electron chi connectivity index (χ3n) is 8.36. The monoisotopic (exact) mass is 588 g/mol. The fourth-order valence-electron chi connectivity index (χ4n) is 5.80. The zero-order chi connectivity index (χ0) is 29.8. The molecular formula is C28H44N8O6. The van der Waals surface area contributed by atoms with Gasteiger partial charge in [0, 0.05) is 32.1 Å². The molecule has 0 aromatic carbocycles. The first-order chi connectivity index (χ1) is 20.4. The Bertz CT molecular complexity index is 1220. The number of piperidine rings is 1. The fourth-order valence-corrected chi connectivity index (χ4v) is 5.80. The highest BCUT2D eigenvalue weighted by Gasteiger charge is 2.48. The van der Waals surface area contributed by atoms with E-state index >= 15 is 0 Å². The Hall–Kier alpha value is -3.07. The summed E-state index contributed by atoms with van der Waals surface area (Å²) in [7, 11) is 0. The molecule has 3 saturated heterocycles. The van der Waals surface area contributed by atoms with Gasteiger partial charge in [-0.05, 0) is 57.4 Å². The van der Waals surface area contributed by atoms with Crippen LogP contribution in [0.1, 0.15) is 70.8 Å². The molecule has 2 unspecified atom stereocenters. The molecular weight excluding hydrogens is 544 g/mol. The standard InChI is InChI=1S/C26H38N8O6.C2H6/c27-22-18-23(34(13-29-18)25-20(36)19(35)21(40-25)24(37)30-15-4-5-15)32-17(31-22)3-1-2-14-7-10-33(11-8-14)26(38)39-16-6-9-28-12-16;1-2/h13-16,19-21,25,28,35-36H,1-12H2,(H,30,37)(H2,27,31,32);1-2H3/t16?,19?,20-,21-,25+;/m0./s1. The number of nitrogens with one attached hydrogen (secondary N) is 2. The van der Waals surface area contributed by atoms with Crippen LogP contribution in [0.25, 0.3) is 11.2 Å². The molecule has 232 valence electrons. The number of aliphatic hydroxyl groups is 2. The van der Waals surface area contributed by atoms with Crippen molar-refractivity contribution in [2.75, 3.05) is 31.9 Å². The quantitative estimate of drug-likeness (QED) is 0.294. The molecule has 14 heteroatoms. The largest absolute Gasteiger partial charge is 0.445 e. The van der Waals surface area contributed by atoms with E-state index in [1.165, 1.54) is 10.9 Å². The molecule has 3 aliphatic heterocycles. The highest BCUT2D eigenvalue weighted by molar-refractivity contribution is 5.83. The number of aromatic nitrogens is 4. The van der Waals surface area contributed by atoms with Gasteiger partial charge in [0.2, 0.25) is 0 Å². The SMILES string of the molecule is CC.Nc1nc(CCCC2CCN(C(=O)OC3CCNC3)CC2)nc2c1ncn2[C@@H]1O[C@H](C(=O)NC2CC2)C(O)[C@@H]1O. The summed E-state index contributed by atoms with van der Waals surface area (Å²) in [6, 6.07) is 0.104. The smallest absolute Gasteiger partial charge is 0.410 e. The Balaban J connectivity index is 0.00000173. The molecule has 5 atom stereocenters. The Kier molecular flexibility index (Phi) is 9.76. The summed E-state index contributed by atoms with van der Waals surface area (Å²) in [6.07, 6.45) is 3.22. The summed E-state index contributed by atoms with van der Waals surface area (Å²) >= 11 is 0. The highest BCUT2D eigenvalue weighted by Crippen LogP contribution is 2.33. The topological polar surface area (TPSA) is 190 Å². The van der Waals surface area contributed by atoms with Crippen molar-refractivity contribution in [3.63, 3.8) is 0 Å². The van der Waals surface area contributed by atoms with Crippen LogP contribution in [0.4, 0.5) is 10.6 Å². The van der Waals surface area contributed by atoms with Crippen LogP contribution in [0.3, 0.4) is 0 Å². The van der Waals surface area contributed by atoms with Crippen LogP contribution in [-0.2, 0) is 20.7 Å². The Morgan fingerprint density at radius 3 is 2.60 bits per heavy atom. The van der Waals surface area contributed by atoms with E-state index in [9.17, 15) is 19.8 Å². The minimum atomic E-state index is -1.38. The van der Waals surface area contributed by atoms with Gasteiger partial charge in [0.15, 0.2) is 23.8 Å². The lowest BCUT2D eigenvalue weighted by Crippen LogP contribution is -2.43. The number of anilines is 1. The third-order valence-corrected chi connectivity index (χ3v) is 8.36. The zero-order valence-corrected chi connectivity index (χ0v) is 24.4. The number of carbonyl (C=O) groups excluding carboxylic acids is 2. The second-order valence-electron chi connectivity index (χ2n) is 11.4. The fraction of sp³-hybridized carbons (Fsp3) is 0.750. The number of aliphatic hydroxyl groups excluding tert-OH is 2. The van der Waals surface area contributed by atoms with Crippen molar-refractivity contribution < 1.29 is 29.3 Å². The lowest BCUT2D eigenvalue weighted by molar-refractivity contribution is -0.137. The van der Waals surface area contributed by atoms with Crippen LogP contribution in [0.15, 0.2) is 6.33 Å². The summed E-state index contributed by atoms with van der Waals surface area (Å²) in [4.78, 5) is 40.1. The van der Waals surface area contributed by atoms with Crippen LogP contribution in [0, 0.1) is 5.92 Å². The number of fused-ring (bicyclic) bond motifs is 1. The van der Waals surface area contributed by atoms with Crippen LogP contribution in [-0.4, -0.2) is 103 Å². The number of carbonyl (C=O) groups is 2. The molecule has 6 N–H and O–H groups in total. The van der Waals surface area contributed by atoms with Gasteiger partial charge >= 0.3 is 6.09 Å². The van der Waals surface area contributed by atoms with Gasteiger partial charge in [-0.25, -0.2) is 19.7 Å². The Labute approximate surface area is 245 Å². The number of nitrogens with two attached hydrogens (primary N) is 1. The van der Waals surface area contributed by atoms with Gasteiger partial charge < -0.3 is 41.0 Å². The first-order valence-corrected chi connectivity index (χ1v) is 15.3. The third kappa shape index (κ3) is 6.77. The molecule has 1 saturated carbocycles. The van der Waals surface area contributed by atoms with Crippen LogP contribution >= 0.6 is 0 Å². The molecule has 4 aliphatic rings. The molecule has 14 nitrogen and oxygen atoms in total. The van der Waals surface area contributed by atoms with Crippen molar-refractivity contribution in [1.82, 2.24) is 35.1 Å². The molecule has 2 aromatic heterocycles. The van der Waals surface area contributed by atoms with E-state index in [4.69, 9.17) is 15.2 Å². The predicted molar refractivity (Wildman–Crippen MR) is 153 cm³/mol. The second kappa shape index (κ2) is 13.5. The first kappa shape index (κ1) is 30.4. The minimum Gasteiger partial charge on any atom is -0.445 e. The number of hydrogen-bond donors (Lipinski definition) is 5. The summed E-state index contributed by atoms with van der Waals surface area (Å²) in [5.74, 6) is 0.837. The van der Waals surface area contributed by atoms with Crippen molar-refractivity contribution in [1.29, 1.82) is 0 Å². The number of likely N-dealkylation sites (tertiary alicyclic amines) is 1. The van der Waals surface area contributed by atoms with E-state index in [-0.39, 0.29) is 24.1 Å². The minimum absolute atomic E-state index is 0.0203. The maximum atomic E-state index is 12.5. The van der Waals surface area contributed by atoms with E-state index < -0.39 is 30.4 Å². The molecule has 2 amide bonds. The maximum Gasteiger partial charge on any atom is 0.410 e. The average molecular weight is 589 g/mol. The van der Waals surface area contributed by atoms with Gasteiger partial charge in [0.1, 0.15) is 29.7 Å². The number of aryl methyl sites for hydroxylation is 1. The number of amides is 2. The Morgan fingerprint density at radius 2 is 1.90 bits per heavy atom. The van der Waals surface area contributed by atoms with Gasteiger partial charge in [-0.2, -0.15) is 0 Å². The van der Waals surface area contributed by atoms with Crippen LogP contribution < -0.4 is 16.4 Å². The van der Waals surface area contributed by atoms with Crippen molar-refractivity contribution in [3.8, 4) is 0 Å². The van der Waals surface area contributed by atoms with E-state index in [0.717, 1.165) is 58.0 Å². The average Bonchev–Trinajstić information content (AvgIpc) is 3.34. The molecule has 5 heterocycles. The number of imidazole rings is 1. The predicted octanol–water partition coefficient (Wildman–Crippen LogP) is 0.866. The summed E-state index contributed by atoms with van der Waals surface area (Å²) in [5.41, 5.74) is 6.94. The van der Waals surface area contributed by atoms with Gasteiger partial charge in [-0.15, -0.1) is 0 Å². The van der Waals surface area contributed by atoms with Gasteiger partial charge in [0.25, 0.3) is 5.91 Å². The highest BCUT2D eigenvalue weighted by atomic mass is 16.6. The number of nitrogens with zero attached hydrogens (tertiary/aromatic N) is 5. The molecule has 0 radical (unpaired) electrons. The van der Waals surface area contributed by atoms with E-state index in [1.807, 2.05) is 18.7 Å². The van der Waals surface area contributed by atoms with Crippen molar-refractivity contribution in [2.45, 2.75) is 102 Å². The number of rotatable bonds is 8. The lowest BCUT2D eigenvalue weighted by Gasteiger charge is -2.32. The lowest BCUT2D eigenvalue weighted by atomic mass is 9.91. The zero-order valence-electron chi connectivity index (χ0n) is 24.4. The van der Waals surface area contributed by atoms with Gasteiger partial charge in [-0.3, -0.25) is 9.36 Å². The summed E-state index contributed by atoms with van der Waals surface area (Å²) < 4.78 is 12.9.